The fourth-order valence-electron chi connectivity index (χ4n) is 11.2. The summed E-state index contributed by atoms with van der Waals surface area (Å²) in [6.45, 7) is 0. The Morgan fingerprint density at radius 1 is 0.213 bits per heavy atom. The summed E-state index contributed by atoms with van der Waals surface area (Å²) >= 11 is 0. The molecular weight excluding hydrogens is 735 g/mol. The third-order valence-corrected chi connectivity index (χ3v) is 13.6. The summed E-state index contributed by atoms with van der Waals surface area (Å²) in [6.07, 6.45) is 0. The fraction of sp³-hybridized carbons (Fsp3) is 0. The number of rotatable bonds is 5. The summed E-state index contributed by atoms with van der Waals surface area (Å²) in [6, 6.07) is 79.1. The van der Waals surface area contributed by atoms with Gasteiger partial charge in [0.15, 0.2) is 0 Å². The summed E-state index contributed by atoms with van der Waals surface area (Å²) in [5.74, 6) is 0. The SMILES string of the molecule is c1ccc(-c2c3cc4c5ccc(N(c6ccccc6)c6ccccc6)cc5c5cccc(c3c(-c3ccccc3)c3c6ccc7ccc8cccc9cc(c23)c6c7c89)c54)cc1. The Kier molecular flexibility index (Phi) is 6.62. The van der Waals surface area contributed by atoms with Crippen molar-refractivity contribution in [1.29, 1.82) is 0 Å². The van der Waals surface area contributed by atoms with Gasteiger partial charge in [0.05, 0.1) is 0 Å². The molecule has 0 spiro atoms. The van der Waals surface area contributed by atoms with Crippen LogP contribution in [0.1, 0.15) is 0 Å². The predicted molar refractivity (Wildman–Crippen MR) is 263 cm³/mol. The highest BCUT2D eigenvalue weighted by Crippen LogP contribution is 2.56. The molecule has 0 N–H and O–H groups in total. The van der Waals surface area contributed by atoms with E-state index in [9.17, 15) is 0 Å². The zero-order chi connectivity index (χ0) is 39.8. The average Bonchev–Trinajstić information content (AvgIpc) is 3.82. The van der Waals surface area contributed by atoms with Crippen LogP contribution in [0.2, 0.25) is 0 Å². The first kappa shape index (κ1) is 32.9. The zero-order valence-corrected chi connectivity index (χ0v) is 33.2. The first-order valence-corrected chi connectivity index (χ1v) is 21.3. The number of para-hydroxylation sites is 2. The summed E-state index contributed by atoms with van der Waals surface area (Å²) in [4.78, 5) is 2.37. The van der Waals surface area contributed by atoms with E-state index in [4.69, 9.17) is 0 Å². The van der Waals surface area contributed by atoms with Crippen LogP contribution >= 0.6 is 0 Å². The van der Waals surface area contributed by atoms with Crippen molar-refractivity contribution in [3.8, 4) is 22.3 Å². The maximum atomic E-state index is 2.55. The second-order valence-electron chi connectivity index (χ2n) is 16.7. The Bertz CT molecular complexity index is 3970. The predicted octanol–water partition coefficient (Wildman–Crippen LogP) is 17.2. The lowest BCUT2D eigenvalue weighted by molar-refractivity contribution is 1.29. The van der Waals surface area contributed by atoms with Gasteiger partial charge in [-0.15, -0.1) is 0 Å². The summed E-state index contributed by atoms with van der Waals surface area (Å²) in [7, 11) is 0. The van der Waals surface area contributed by atoms with Crippen molar-refractivity contribution in [2.24, 2.45) is 0 Å². The van der Waals surface area contributed by atoms with Crippen molar-refractivity contribution in [3.63, 3.8) is 0 Å². The molecule has 0 bridgehead atoms. The molecular formula is C60H35N. The van der Waals surface area contributed by atoms with Gasteiger partial charge in [-0.1, -0.05) is 164 Å². The molecule has 0 saturated heterocycles. The highest BCUT2D eigenvalue weighted by Gasteiger charge is 2.28. The van der Waals surface area contributed by atoms with E-state index in [1.54, 1.807) is 0 Å². The molecule has 1 nitrogen and oxygen atoms in total. The van der Waals surface area contributed by atoms with Crippen LogP contribution in [0.25, 0.3) is 119 Å². The maximum Gasteiger partial charge on any atom is 0.0468 e. The number of fused-ring (bicyclic) bond motifs is 8. The zero-order valence-electron chi connectivity index (χ0n) is 33.2. The molecule has 280 valence electrons. The lowest BCUT2D eigenvalue weighted by Crippen LogP contribution is -2.09. The molecule has 0 amide bonds. The molecule has 0 unspecified atom stereocenters. The molecule has 14 rings (SSSR count). The van der Waals surface area contributed by atoms with E-state index in [1.807, 2.05) is 0 Å². The topological polar surface area (TPSA) is 3.24 Å². The maximum absolute atomic E-state index is 2.55. The van der Waals surface area contributed by atoms with Crippen LogP contribution in [0.3, 0.4) is 0 Å². The van der Waals surface area contributed by atoms with Gasteiger partial charge < -0.3 is 4.90 Å². The highest BCUT2D eigenvalue weighted by molar-refractivity contribution is 6.47. The van der Waals surface area contributed by atoms with Crippen LogP contribution in [0, 0.1) is 0 Å². The first-order chi connectivity index (χ1) is 30.3. The van der Waals surface area contributed by atoms with Gasteiger partial charge in [-0.25, -0.2) is 0 Å². The van der Waals surface area contributed by atoms with Crippen molar-refractivity contribution in [2.75, 3.05) is 4.90 Å². The quantitative estimate of drug-likeness (QED) is 0.158. The van der Waals surface area contributed by atoms with Crippen LogP contribution < -0.4 is 4.90 Å². The Morgan fingerprint density at radius 2 is 0.770 bits per heavy atom. The van der Waals surface area contributed by atoms with Gasteiger partial charge in [0.1, 0.15) is 0 Å². The van der Waals surface area contributed by atoms with Crippen LogP contribution in [-0.4, -0.2) is 0 Å². The van der Waals surface area contributed by atoms with Gasteiger partial charge in [-0.05, 0) is 168 Å². The van der Waals surface area contributed by atoms with Crippen LogP contribution in [0.15, 0.2) is 212 Å². The number of hydrogen-bond acceptors (Lipinski definition) is 1. The van der Waals surface area contributed by atoms with E-state index in [2.05, 4.69) is 217 Å². The number of hydrogen-bond donors (Lipinski definition) is 0. The van der Waals surface area contributed by atoms with Crippen molar-refractivity contribution in [3.05, 3.63) is 212 Å². The van der Waals surface area contributed by atoms with Crippen molar-refractivity contribution < 1.29 is 0 Å². The molecule has 1 heteroatoms. The molecule has 0 heterocycles. The molecule has 0 aromatic heterocycles. The van der Waals surface area contributed by atoms with Gasteiger partial charge >= 0.3 is 0 Å². The monoisotopic (exact) mass is 769 g/mol. The molecule has 0 radical (unpaired) electrons. The Labute approximate surface area is 351 Å². The normalized spacial score (nSPS) is 12.3. The summed E-state index contributed by atoms with van der Waals surface area (Å²) < 4.78 is 0. The van der Waals surface area contributed by atoms with E-state index < -0.39 is 0 Å². The fourth-order valence-corrected chi connectivity index (χ4v) is 11.2. The second kappa shape index (κ2) is 12.3. The van der Waals surface area contributed by atoms with Crippen LogP contribution in [0.4, 0.5) is 17.1 Å². The molecule has 14 aromatic rings. The van der Waals surface area contributed by atoms with Crippen LogP contribution in [-0.2, 0) is 0 Å². The van der Waals surface area contributed by atoms with Crippen molar-refractivity contribution in [2.45, 2.75) is 0 Å². The van der Waals surface area contributed by atoms with E-state index in [1.165, 1.54) is 119 Å². The van der Waals surface area contributed by atoms with Gasteiger partial charge in [0.2, 0.25) is 0 Å². The minimum atomic E-state index is 1.14. The minimum Gasteiger partial charge on any atom is -0.310 e. The van der Waals surface area contributed by atoms with Crippen LogP contribution in [0.5, 0.6) is 0 Å². The lowest BCUT2D eigenvalue weighted by Gasteiger charge is -2.25. The van der Waals surface area contributed by atoms with Gasteiger partial charge in [-0.2, -0.15) is 0 Å². The summed E-state index contributed by atoms with van der Waals surface area (Å²) in [5, 5.41) is 23.7. The average molecular weight is 770 g/mol. The largest absolute Gasteiger partial charge is 0.310 e. The van der Waals surface area contributed by atoms with E-state index >= 15 is 0 Å². The van der Waals surface area contributed by atoms with E-state index in [-0.39, 0.29) is 0 Å². The first-order valence-electron chi connectivity index (χ1n) is 21.3. The lowest BCUT2D eigenvalue weighted by atomic mass is 9.84. The molecule has 0 atom stereocenters. The molecule has 0 fully saturated rings. The minimum absolute atomic E-state index is 1.14. The molecule has 14 aromatic carbocycles. The third kappa shape index (κ3) is 4.45. The van der Waals surface area contributed by atoms with Crippen molar-refractivity contribution in [1.82, 2.24) is 0 Å². The third-order valence-electron chi connectivity index (χ3n) is 13.6. The van der Waals surface area contributed by atoms with E-state index in [0.29, 0.717) is 0 Å². The smallest absolute Gasteiger partial charge is 0.0468 e. The van der Waals surface area contributed by atoms with Gasteiger partial charge in [0.25, 0.3) is 0 Å². The second-order valence-corrected chi connectivity index (χ2v) is 16.7. The molecule has 61 heavy (non-hydrogen) atoms. The molecule has 0 aliphatic rings. The molecule has 0 saturated carbocycles. The standard InChI is InChI=1S/C60H35N/c1-5-15-36(16-6-1)53-51-35-49-44-32-30-43(61(41-21-9-3-10-22-41)42-23-11-4-12-24-42)34-48(44)45-25-14-26-46(56(45)49)57(51)55(37-17-7-2-8-18-37)59-47-31-29-39-28-27-38-19-13-20-40-33-50(60(53)59)58(47)54(39)52(38)40/h1-35H. The van der Waals surface area contributed by atoms with Gasteiger partial charge in [0, 0.05) is 17.1 Å². The molecule has 0 aliphatic heterocycles. The number of nitrogens with zero attached hydrogens (tertiary/aromatic N) is 1. The Morgan fingerprint density at radius 3 is 1.49 bits per heavy atom. The van der Waals surface area contributed by atoms with E-state index in [0.717, 1.165) is 17.1 Å². The summed E-state index contributed by atoms with van der Waals surface area (Å²) in [5.41, 5.74) is 8.51. The van der Waals surface area contributed by atoms with Crippen molar-refractivity contribution >= 4 is 114 Å². The molecule has 0 aliphatic carbocycles. The Hall–Kier alpha value is -8.00. The number of benzene rings is 12. The van der Waals surface area contributed by atoms with Gasteiger partial charge in [-0.3, -0.25) is 0 Å². The highest BCUT2D eigenvalue weighted by atomic mass is 15.1. The number of anilines is 3. The Balaban J connectivity index is 1.20.